The van der Waals surface area contributed by atoms with Crippen LogP contribution in [-0.2, 0) is 4.79 Å². The monoisotopic (exact) mass is 458 g/mol. The predicted molar refractivity (Wildman–Crippen MR) is 133 cm³/mol. The van der Waals surface area contributed by atoms with Crippen molar-refractivity contribution in [3.05, 3.63) is 0 Å². The number of hydrogen-bond donors (Lipinski definition) is 2. The molecule has 0 aromatic carbocycles. The highest BCUT2D eigenvalue weighted by atomic mass is 16.3. The van der Waals surface area contributed by atoms with Crippen molar-refractivity contribution >= 4 is 6.29 Å². The molecule has 33 heavy (non-hydrogen) atoms. The second-order valence-electron chi connectivity index (χ2n) is 15.1. The molecule has 0 aromatic heterocycles. The molecule has 0 spiro atoms. The van der Waals surface area contributed by atoms with Gasteiger partial charge in [-0.25, -0.2) is 0 Å². The molecule has 0 aromatic rings. The van der Waals surface area contributed by atoms with E-state index in [1.165, 1.54) is 32.0 Å². The van der Waals surface area contributed by atoms with Crippen LogP contribution in [0.4, 0.5) is 0 Å². The van der Waals surface area contributed by atoms with Gasteiger partial charge in [-0.3, -0.25) is 0 Å². The van der Waals surface area contributed by atoms with Gasteiger partial charge in [-0.05, 0) is 122 Å². The Morgan fingerprint density at radius 3 is 2.09 bits per heavy atom. The van der Waals surface area contributed by atoms with Crippen LogP contribution in [0, 0.1) is 56.7 Å². The van der Waals surface area contributed by atoms with E-state index in [0.29, 0.717) is 23.7 Å². The van der Waals surface area contributed by atoms with Crippen molar-refractivity contribution in [3.63, 3.8) is 0 Å². The summed E-state index contributed by atoms with van der Waals surface area (Å²) >= 11 is 0. The molecule has 0 radical (unpaired) electrons. The van der Waals surface area contributed by atoms with Crippen LogP contribution < -0.4 is 0 Å². The van der Waals surface area contributed by atoms with Crippen LogP contribution in [0.25, 0.3) is 0 Å². The molecular weight excluding hydrogens is 408 g/mol. The zero-order valence-electron chi connectivity index (χ0n) is 22.4. The summed E-state index contributed by atoms with van der Waals surface area (Å²) in [6.07, 6.45) is 11.9. The number of carbonyl (C=O) groups is 1. The first kappa shape index (κ1) is 24.3. The molecule has 0 saturated heterocycles. The number of carbonyl (C=O) groups excluding carboxylic acids is 1. The molecule has 5 aliphatic carbocycles. The van der Waals surface area contributed by atoms with Gasteiger partial charge in [0.15, 0.2) is 0 Å². The maximum absolute atomic E-state index is 12.6. The molecule has 5 rings (SSSR count). The Labute approximate surface area is 202 Å². The van der Waals surface area contributed by atoms with E-state index < -0.39 is 5.60 Å². The van der Waals surface area contributed by atoms with Gasteiger partial charge >= 0.3 is 0 Å². The van der Waals surface area contributed by atoms with Crippen LogP contribution in [0.5, 0.6) is 0 Å². The maximum atomic E-state index is 12.6. The fourth-order valence-corrected chi connectivity index (χ4v) is 11.5. The van der Waals surface area contributed by atoms with E-state index >= 15 is 0 Å². The van der Waals surface area contributed by atoms with Gasteiger partial charge in [-0.15, -0.1) is 0 Å². The molecule has 0 amide bonds. The minimum Gasteiger partial charge on any atom is -0.393 e. The summed E-state index contributed by atoms with van der Waals surface area (Å²) in [6, 6.07) is 0. The Balaban J connectivity index is 1.56. The van der Waals surface area contributed by atoms with Gasteiger partial charge in [0.05, 0.1) is 11.7 Å². The lowest BCUT2D eigenvalue weighted by molar-refractivity contribution is -0.261. The van der Waals surface area contributed by atoms with Gasteiger partial charge in [0.25, 0.3) is 0 Å². The molecule has 0 unspecified atom stereocenters. The molecule has 2 N–H and O–H groups in total. The van der Waals surface area contributed by atoms with Gasteiger partial charge in [-0.2, -0.15) is 0 Å². The topological polar surface area (TPSA) is 57.5 Å². The normalized spacial score (nSPS) is 60.0. The summed E-state index contributed by atoms with van der Waals surface area (Å²) in [6.45, 7) is 16.7. The highest BCUT2D eigenvalue weighted by Crippen LogP contribution is 2.76. The smallest absolute Gasteiger partial charge is 0.126 e. The molecule has 188 valence electrons. The van der Waals surface area contributed by atoms with Crippen molar-refractivity contribution in [3.8, 4) is 0 Å². The van der Waals surface area contributed by atoms with Gasteiger partial charge in [-0.1, -0.05) is 41.5 Å². The van der Waals surface area contributed by atoms with E-state index in [0.717, 1.165) is 38.5 Å². The molecule has 11 atom stereocenters. The largest absolute Gasteiger partial charge is 0.393 e. The first-order chi connectivity index (χ1) is 15.2. The average molecular weight is 459 g/mol. The maximum Gasteiger partial charge on any atom is 0.126 e. The third-order valence-corrected chi connectivity index (χ3v) is 14.0. The lowest BCUT2D eigenvalue weighted by Gasteiger charge is -2.74. The Hall–Kier alpha value is -0.410. The second kappa shape index (κ2) is 7.09. The highest BCUT2D eigenvalue weighted by Gasteiger charge is 2.71. The number of aldehydes is 1. The number of rotatable bonds is 1. The SMILES string of the molecule is C[C@H]1[C@@H]2[C@H]3CC[C@@H]4[C@@]5(C)CC[C@H](O)C(C)(C)[C@@H]5CC[C@@]4(C)[C@]3(C)CC[C@@]2(C=O)CC[C@]1(C)O. The van der Waals surface area contributed by atoms with Crippen molar-refractivity contribution in [2.45, 2.75) is 124 Å². The number of hydrogen-bond acceptors (Lipinski definition) is 3. The van der Waals surface area contributed by atoms with Crippen molar-refractivity contribution in [1.82, 2.24) is 0 Å². The van der Waals surface area contributed by atoms with Crippen LogP contribution in [0.15, 0.2) is 0 Å². The second-order valence-corrected chi connectivity index (χ2v) is 15.1. The van der Waals surface area contributed by atoms with Crippen LogP contribution >= 0.6 is 0 Å². The van der Waals surface area contributed by atoms with E-state index in [4.69, 9.17) is 0 Å². The molecule has 5 fully saturated rings. The minimum atomic E-state index is -0.666. The van der Waals surface area contributed by atoms with Gasteiger partial charge in [0, 0.05) is 5.41 Å². The fraction of sp³-hybridized carbons (Fsp3) is 0.967. The first-order valence-corrected chi connectivity index (χ1v) is 14.1. The number of aliphatic hydroxyl groups excluding tert-OH is 1. The molecule has 3 nitrogen and oxygen atoms in total. The number of fused-ring (bicyclic) bond motifs is 7. The Morgan fingerprint density at radius 2 is 1.42 bits per heavy atom. The summed E-state index contributed by atoms with van der Waals surface area (Å²) in [7, 11) is 0. The van der Waals surface area contributed by atoms with Crippen LogP contribution in [0.3, 0.4) is 0 Å². The first-order valence-electron chi connectivity index (χ1n) is 14.1. The van der Waals surface area contributed by atoms with E-state index in [-0.39, 0.29) is 39.1 Å². The van der Waals surface area contributed by atoms with Crippen molar-refractivity contribution in [1.29, 1.82) is 0 Å². The molecule has 0 heterocycles. The van der Waals surface area contributed by atoms with Crippen molar-refractivity contribution in [2.24, 2.45) is 56.7 Å². The van der Waals surface area contributed by atoms with Crippen LogP contribution in [0.2, 0.25) is 0 Å². The van der Waals surface area contributed by atoms with Gasteiger partial charge in [0.2, 0.25) is 0 Å². The van der Waals surface area contributed by atoms with E-state index in [9.17, 15) is 15.0 Å². The lowest BCUT2D eigenvalue weighted by atomic mass is 9.31. The summed E-state index contributed by atoms with van der Waals surface area (Å²) in [5, 5.41) is 22.2. The zero-order chi connectivity index (χ0) is 24.2. The summed E-state index contributed by atoms with van der Waals surface area (Å²) in [4.78, 5) is 12.6. The van der Waals surface area contributed by atoms with Gasteiger partial charge < -0.3 is 15.0 Å². The third kappa shape index (κ3) is 2.85. The molecule has 0 bridgehead atoms. The summed E-state index contributed by atoms with van der Waals surface area (Å²) in [5.74, 6) is 2.24. The van der Waals surface area contributed by atoms with E-state index in [1.54, 1.807) is 0 Å². The lowest BCUT2D eigenvalue weighted by Crippen LogP contribution is -2.68. The van der Waals surface area contributed by atoms with E-state index in [1.807, 2.05) is 6.92 Å². The fourth-order valence-electron chi connectivity index (χ4n) is 11.5. The Morgan fingerprint density at radius 1 is 0.758 bits per heavy atom. The zero-order valence-corrected chi connectivity index (χ0v) is 22.4. The third-order valence-electron chi connectivity index (χ3n) is 14.0. The Bertz CT molecular complexity index is 817. The molecule has 3 heteroatoms. The quantitative estimate of drug-likeness (QED) is 0.447. The summed E-state index contributed by atoms with van der Waals surface area (Å²) in [5.41, 5.74) is -0.150. The summed E-state index contributed by atoms with van der Waals surface area (Å²) < 4.78 is 0. The average Bonchev–Trinajstić information content (AvgIpc) is 2.74. The van der Waals surface area contributed by atoms with Crippen molar-refractivity contribution in [2.75, 3.05) is 0 Å². The van der Waals surface area contributed by atoms with Crippen LogP contribution in [-0.4, -0.2) is 28.2 Å². The highest BCUT2D eigenvalue weighted by molar-refractivity contribution is 5.61. The van der Waals surface area contributed by atoms with E-state index in [2.05, 4.69) is 41.5 Å². The molecule has 5 aliphatic rings. The molecule has 5 saturated carbocycles. The molecule has 0 aliphatic heterocycles. The minimum absolute atomic E-state index is 0.0120. The van der Waals surface area contributed by atoms with Crippen LogP contribution in [0.1, 0.15) is 113 Å². The predicted octanol–water partition coefficient (Wildman–Crippen LogP) is 6.40. The number of aliphatic hydroxyl groups is 2. The van der Waals surface area contributed by atoms with Gasteiger partial charge in [0.1, 0.15) is 6.29 Å². The Kier molecular flexibility index (Phi) is 5.22. The standard InChI is InChI=1S/C30H50O3/c1-19-24-20-8-9-22-26(4)12-11-23(32)25(2,3)21(26)10-13-28(22,6)27(20,5)14-16-30(24,18-31)17-15-29(19,7)33/h18-24,32-33H,8-17H2,1-7H3/t19-,20+,21-,22+,23-,24+,26-,27+,28+,29-,30-/m0/s1. The molecular formula is C30H50O3. The van der Waals surface area contributed by atoms with Crippen molar-refractivity contribution < 1.29 is 15.0 Å².